The van der Waals surface area contributed by atoms with Gasteiger partial charge in [0.1, 0.15) is 0 Å². The van der Waals surface area contributed by atoms with Gasteiger partial charge in [0.2, 0.25) is 0 Å². The van der Waals surface area contributed by atoms with E-state index in [1.54, 1.807) is 0 Å². The predicted octanol–water partition coefficient (Wildman–Crippen LogP) is 5.73. The van der Waals surface area contributed by atoms with E-state index < -0.39 is 0 Å². The van der Waals surface area contributed by atoms with Crippen molar-refractivity contribution in [3.8, 4) is 0 Å². The second kappa shape index (κ2) is 7.44. The minimum atomic E-state index is 0.268. The van der Waals surface area contributed by atoms with E-state index in [-0.39, 0.29) is 6.04 Å². The first kappa shape index (κ1) is 16.5. The maximum Gasteiger partial charge on any atom is 0.0449 e. The lowest BCUT2D eigenvalue weighted by Gasteiger charge is -2.18. The fourth-order valence-corrected chi connectivity index (χ4v) is 3.16. The van der Waals surface area contributed by atoms with Crippen LogP contribution in [0.4, 0.5) is 0 Å². The molecule has 0 aliphatic rings. The van der Waals surface area contributed by atoms with Crippen LogP contribution in [-0.2, 0) is 6.42 Å². The summed E-state index contributed by atoms with van der Waals surface area (Å²) < 4.78 is 1.01. The number of benzene rings is 2. The topological polar surface area (TPSA) is 12.0 Å². The van der Waals surface area contributed by atoms with Gasteiger partial charge in [-0.3, -0.25) is 0 Å². The van der Waals surface area contributed by atoms with E-state index in [2.05, 4.69) is 65.4 Å². The van der Waals surface area contributed by atoms with E-state index in [4.69, 9.17) is 11.6 Å². The molecule has 0 fully saturated rings. The standard InChI is InChI=1S/C18H21BrClN/c1-12(2)13-4-6-14(7-5-13)18(21-3)10-15-8-9-16(19)11-17(15)20/h4-9,11-12,18,21H,10H2,1-3H3. The largest absolute Gasteiger partial charge is 0.313 e. The first-order valence-corrected chi connectivity index (χ1v) is 8.39. The SMILES string of the molecule is CNC(Cc1ccc(Br)cc1Cl)c1ccc(C(C)C)cc1. The van der Waals surface area contributed by atoms with Gasteiger partial charge in [-0.25, -0.2) is 0 Å². The molecule has 3 heteroatoms. The van der Waals surface area contributed by atoms with Crippen LogP contribution in [0.15, 0.2) is 46.9 Å². The van der Waals surface area contributed by atoms with E-state index in [0.29, 0.717) is 5.92 Å². The van der Waals surface area contributed by atoms with Gasteiger partial charge in [0.15, 0.2) is 0 Å². The van der Waals surface area contributed by atoms with Crippen LogP contribution >= 0.6 is 27.5 Å². The summed E-state index contributed by atoms with van der Waals surface area (Å²) in [7, 11) is 1.99. The molecular weight excluding hydrogens is 346 g/mol. The van der Waals surface area contributed by atoms with Gasteiger partial charge in [-0.2, -0.15) is 0 Å². The molecule has 0 radical (unpaired) electrons. The van der Waals surface area contributed by atoms with Gasteiger partial charge in [-0.05, 0) is 48.2 Å². The lowest BCUT2D eigenvalue weighted by atomic mass is 9.95. The Morgan fingerprint density at radius 3 is 2.19 bits per heavy atom. The van der Waals surface area contributed by atoms with Crippen LogP contribution in [0.25, 0.3) is 0 Å². The van der Waals surface area contributed by atoms with Crippen LogP contribution < -0.4 is 5.32 Å². The summed E-state index contributed by atoms with van der Waals surface area (Å²) in [6.45, 7) is 4.43. The highest BCUT2D eigenvalue weighted by Gasteiger charge is 2.12. The van der Waals surface area contributed by atoms with E-state index >= 15 is 0 Å². The molecule has 112 valence electrons. The van der Waals surface area contributed by atoms with Crippen molar-refractivity contribution in [1.82, 2.24) is 5.32 Å². The first-order valence-electron chi connectivity index (χ1n) is 7.22. The molecular formula is C18H21BrClN. The van der Waals surface area contributed by atoms with E-state index in [9.17, 15) is 0 Å². The average molecular weight is 367 g/mol. The van der Waals surface area contributed by atoms with Crippen LogP contribution in [0, 0.1) is 0 Å². The zero-order chi connectivity index (χ0) is 15.4. The van der Waals surface area contributed by atoms with Crippen molar-refractivity contribution in [3.05, 3.63) is 68.7 Å². The van der Waals surface area contributed by atoms with Gasteiger partial charge >= 0.3 is 0 Å². The monoisotopic (exact) mass is 365 g/mol. The van der Waals surface area contributed by atoms with Gasteiger partial charge in [0.25, 0.3) is 0 Å². The van der Waals surface area contributed by atoms with Gasteiger partial charge in [0.05, 0.1) is 0 Å². The second-order valence-electron chi connectivity index (χ2n) is 5.60. The fraction of sp³-hybridized carbons (Fsp3) is 0.333. The van der Waals surface area contributed by atoms with Crippen LogP contribution in [0.1, 0.15) is 42.5 Å². The molecule has 0 aliphatic carbocycles. The lowest BCUT2D eigenvalue weighted by Crippen LogP contribution is -2.19. The van der Waals surface area contributed by atoms with Gasteiger partial charge in [-0.15, -0.1) is 0 Å². The van der Waals surface area contributed by atoms with Crippen LogP contribution in [-0.4, -0.2) is 7.05 Å². The van der Waals surface area contributed by atoms with Gasteiger partial charge in [0, 0.05) is 15.5 Å². The third-order valence-corrected chi connectivity index (χ3v) is 4.64. The number of hydrogen-bond acceptors (Lipinski definition) is 1. The Balaban J connectivity index is 2.19. The first-order chi connectivity index (χ1) is 10.0. The summed E-state index contributed by atoms with van der Waals surface area (Å²) in [6, 6.07) is 15.2. The molecule has 1 atom stereocenters. The Bertz CT molecular complexity index is 593. The molecule has 0 saturated heterocycles. The minimum Gasteiger partial charge on any atom is -0.313 e. The molecule has 1 N–H and O–H groups in total. The number of rotatable bonds is 5. The number of nitrogens with one attached hydrogen (secondary N) is 1. The predicted molar refractivity (Wildman–Crippen MR) is 95.2 cm³/mol. The van der Waals surface area contributed by atoms with Crippen molar-refractivity contribution >= 4 is 27.5 Å². The van der Waals surface area contributed by atoms with Gasteiger partial charge in [-0.1, -0.05) is 71.7 Å². The summed E-state index contributed by atoms with van der Waals surface area (Å²) in [4.78, 5) is 0. The number of halogens is 2. The van der Waals surface area contributed by atoms with Crippen molar-refractivity contribution in [3.63, 3.8) is 0 Å². The molecule has 21 heavy (non-hydrogen) atoms. The summed E-state index contributed by atoms with van der Waals surface area (Å²) in [5, 5.41) is 4.20. The van der Waals surface area contributed by atoms with E-state index in [1.165, 1.54) is 11.1 Å². The van der Waals surface area contributed by atoms with Crippen LogP contribution in [0.2, 0.25) is 5.02 Å². The number of hydrogen-bond donors (Lipinski definition) is 1. The molecule has 2 aromatic rings. The zero-order valence-corrected chi connectivity index (χ0v) is 15.0. The highest BCUT2D eigenvalue weighted by Crippen LogP contribution is 2.27. The van der Waals surface area contributed by atoms with Crippen molar-refractivity contribution in [2.24, 2.45) is 0 Å². The molecule has 0 spiro atoms. The van der Waals surface area contributed by atoms with Crippen molar-refractivity contribution < 1.29 is 0 Å². The summed E-state index contributed by atoms with van der Waals surface area (Å²) in [5.74, 6) is 0.563. The second-order valence-corrected chi connectivity index (χ2v) is 6.93. The molecule has 0 aliphatic heterocycles. The Hall–Kier alpha value is -0.830. The Morgan fingerprint density at radius 1 is 1.05 bits per heavy atom. The molecule has 0 amide bonds. The third-order valence-electron chi connectivity index (χ3n) is 3.79. The van der Waals surface area contributed by atoms with Crippen LogP contribution in [0.3, 0.4) is 0 Å². The molecule has 2 aromatic carbocycles. The molecule has 2 rings (SSSR count). The molecule has 0 saturated carbocycles. The molecule has 0 bridgehead atoms. The Kier molecular flexibility index (Phi) is 5.86. The van der Waals surface area contributed by atoms with Crippen molar-refractivity contribution in [2.45, 2.75) is 32.2 Å². The summed E-state index contributed by atoms with van der Waals surface area (Å²) in [6.07, 6.45) is 0.879. The molecule has 0 heterocycles. The fourth-order valence-electron chi connectivity index (χ4n) is 2.41. The molecule has 1 nitrogen and oxygen atoms in total. The van der Waals surface area contributed by atoms with Crippen LogP contribution in [0.5, 0.6) is 0 Å². The highest BCUT2D eigenvalue weighted by molar-refractivity contribution is 9.10. The maximum absolute atomic E-state index is 6.33. The number of likely N-dealkylation sites (N-methyl/N-ethyl adjacent to an activating group) is 1. The normalized spacial score (nSPS) is 12.7. The van der Waals surface area contributed by atoms with E-state index in [0.717, 1.165) is 21.5 Å². The smallest absolute Gasteiger partial charge is 0.0449 e. The summed E-state index contributed by atoms with van der Waals surface area (Å²) in [5.41, 5.74) is 3.82. The average Bonchev–Trinajstić information content (AvgIpc) is 2.47. The minimum absolute atomic E-state index is 0.268. The quantitative estimate of drug-likeness (QED) is 0.712. The third kappa shape index (κ3) is 4.32. The highest BCUT2D eigenvalue weighted by atomic mass is 79.9. The van der Waals surface area contributed by atoms with E-state index in [1.807, 2.05) is 19.2 Å². The Morgan fingerprint density at radius 2 is 1.67 bits per heavy atom. The Labute approximate surface area is 140 Å². The summed E-state index contributed by atoms with van der Waals surface area (Å²) >= 11 is 9.77. The molecule has 0 aromatic heterocycles. The lowest BCUT2D eigenvalue weighted by molar-refractivity contribution is 0.591. The zero-order valence-electron chi connectivity index (χ0n) is 12.7. The van der Waals surface area contributed by atoms with Crippen molar-refractivity contribution in [1.29, 1.82) is 0 Å². The van der Waals surface area contributed by atoms with Crippen molar-refractivity contribution in [2.75, 3.05) is 7.05 Å². The maximum atomic E-state index is 6.33. The van der Waals surface area contributed by atoms with Gasteiger partial charge < -0.3 is 5.32 Å². The molecule has 1 unspecified atom stereocenters.